The van der Waals surface area contributed by atoms with Crippen LogP contribution in [0, 0.1) is 28.1 Å². The molecule has 0 spiro atoms. The number of allylic oxidation sites excluding steroid dienone is 1. The topological polar surface area (TPSA) is 89.9 Å². The van der Waals surface area contributed by atoms with Crippen LogP contribution in [0.25, 0.3) is 22.5 Å². The van der Waals surface area contributed by atoms with Crippen LogP contribution in [0.5, 0.6) is 0 Å². The van der Waals surface area contributed by atoms with E-state index in [9.17, 15) is 5.26 Å². The molecule has 6 heteroatoms. The smallest absolute Gasteiger partial charge is 0.141 e. The summed E-state index contributed by atoms with van der Waals surface area (Å²) < 4.78 is 1.92. The molecule has 1 saturated carbocycles. The van der Waals surface area contributed by atoms with E-state index >= 15 is 0 Å². The quantitative estimate of drug-likeness (QED) is 0.595. The standard InChI is InChI=1S/C23H24N6/c1-16(2)23(6-7-23)15-26-14-18(12-24)20-4-3-19(13-25)28-22(20)17-5-9-29-10-8-27-21(29)11-17/h3-5,8-12,14,16,24,26H,6-7,15H2,1-2H3/b18-14+,24-12?. The molecule has 1 aliphatic rings. The Kier molecular flexibility index (Phi) is 4.89. The van der Waals surface area contributed by atoms with Crippen LogP contribution in [0.2, 0.25) is 0 Å². The van der Waals surface area contributed by atoms with E-state index in [1.807, 2.05) is 41.2 Å². The Labute approximate surface area is 170 Å². The number of pyridine rings is 2. The van der Waals surface area contributed by atoms with Crippen LogP contribution in [-0.4, -0.2) is 27.1 Å². The summed E-state index contributed by atoms with van der Waals surface area (Å²) in [6.07, 6.45) is 11.3. The number of nitrogens with one attached hydrogen (secondary N) is 2. The molecule has 2 N–H and O–H groups in total. The summed E-state index contributed by atoms with van der Waals surface area (Å²) in [4.78, 5) is 8.89. The van der Waals surface area contributed by atoms with E-state index < -0.39 is 0 Å². The number of nitrogens with zero attached hydrogens (tertiary/aromatic N) is 4. The van der Waals surface area contributed by atoms with Crippen molar-refractivity contribution in [3.05, 3.63) is 60.3 Å². The van der Waals surface area contributed by atoms with Gasteiger partial charge in [0, 0.05) is 54.2 Å². The Morgan fingerprint density at radius 2 is 2.17 bits per heavy atom. The van der Waals surface area contributed by atoms with Crippen LogP contribution < -0.4 is 5.32 Å². The summed E-state index contributed by atoms with van der Waals surface area (Å²) in [5.74, 6) is 0.639. The predicted octanol–water partition coefficient (Wildman–Crippen LogP) is 4.28. The minimum atomic E-state index is 0.348. The van der Waals surface area contributed by atoms with Crippen molar-refractivity contribution in [3.8, 4) is 17.3 Å². The minimum absolute atomic E-state index is 0.348. The van der Waals surface area contributed by atoms with Gasteiger partial charge >= 0.3 is 0 Å². The lowest BCUT2D eigenvalue weighted by atomic mass is 9.92. The van der Waals surface area contributed by atoms with Gasteiger partial charge in [0.25, 0.3) is 0 Å². The van der Waals surface area contributed by atoms with Gasteiger partial charge in [-0.3, -0.25) is 0 Å². The van der Waals surface area contributed by atoms with E-state index in [4.69, 9.17) is 5.41 Å². The Hall–Kier alpha value is -3.46. The molecule has 146 valence electrons. The minimum Gasteiger partial charge on any atom is -0.390 e. The summed E-state index contributed by atoms with van der Waals surface area (Å²) >= 11 is 0. The SMILES string of the molecule is CC(C)C1(CN/C=C(\C=N)c2ccc(C#N)nc2-c2ccn3ccnc3c2)CC1. The Balaban J connectivity index is 1.71. The van der Waals surface area contributed by atoms with Gasteiger partial charge in [-0.1, -0.05) is 13.8 Å². The first-order valence-corrected chi connectivity index (χ1v) is 9.85. The fourth-order valence-corrected chi connectivity index (χ4v) is 3.71. The molecule has 3 heterocycles. The molecule has 29 heavy (non-hydrogen) atoms. The lowest BCUT2D eigenvalue weighted by Crippen LogP contribution is -2.24. The normalized spacial score (nSPS) is 15.3. The van der Waals surface area contributed by atoms with Gasteiger partial charge in [0.05, 0.1) is 5.69 Å². The number of nitriles is 1. The molecule has 0 unspecified atom stereocenters. The molecule has 4 rings (SSSR count). The molecular formula is C23H24N6. The van der Waals surface area contributed by atoms with Crippen molar-refractivity contribution < 1.29 is 0 Å². The number of aromatic nitrogens is 3. The zero-order chi connectivity index (χ0) is 20.4. The first-order chi connectivity index (χ1) is 14.1. The van der Waals surface area contributed by atoms with Gasteiger partial charge < -0.3 is 15.1 Å². The van der Waals surface area contributed by atoms with E-state index in [0.717, 1.165) is 28.9 Å². The summed E-state index contributed by atoms with van der Waals surface area (Å²) in [7, 11) is 0. The van der Waals surface area contributed by atoms with E-state index in [1.165, 1.54) is 19.1 Å². The van der Waals surface area contributed by atoms with Crippen molar-refractivity contribution in [2.45, 2.75) is 26.7 Å². The molecule has 0 atom stereocenters. The lowest BCUT2D eigenvalue weighted by Gasteiger charge is -2.19. The molecule has 1 fully saturated rings. The summed E-state index contributed by atoms with van der Waals surface area (Å²) in [6.45, 7) is 5.44. The Bertz CT molecular complexity index is 1130. The van der Waals surface area contributed by atoms with Gasteiger partial charge in [0.15, 0.2) is 0 Å². The molecule has 3 aromatic heterocycles. The highest BCUT2D eigenvalue weighted by Crippen LogP contribution is 2.51. The van der Waals surface area contributed by atoms with Gasteiger partial charge in [-0.05, 0) is 48.4 Å². The molecule has 1 aliphatic carbocycles. The highest BCUT2D eigenvalue weighted by molar-refractivity contribution is 6.10. The second-order valence-electron chi connectivity index (χ2n) is 7.95. The third kappa shape index (κ3) is 3.64. The maximum absolute atomic E-state index is 9.32. The van der Waals surface area contributed by atoms with E-state index in [-0.39, 0.29) is 0 Å². The lowest BCUT2D eigenvalue weighted by molar-refractivity contribution is 0.353. The largest absolute Gasteiger partial charge is 0.390 e. The maximum atomic E-state index is 9.32. The van der Waals surface area contributed by atoms with Crippen molar-refractivity contribution in [2.75, 3.05) is 6.54 Å². The highest BCUT2D eigenvalue weighted by Gasteiger charge is 2.44. The number of hydrogen-bond donors (Lipinski definition) is 2. The summed E-state index contributed by atoms with van der Waals surface area (Å²) in [6, 6.07) is 9.57. The summed E-state index contributed by atoms with van der Waals surface area (Å²) in [5.41, 5.74) is 4.63. The summed E-state index contributed by atoms with van der Waals surface area (Å²) in [5, 5.41) is 20.7. The Morgan fingerprint density at radius 3 is 2.86 bits per heavy atom. The van der Waals surface area contributed by atoms with E-state index in [1.54, 1.807) is 12.3 Å². The van der Waals surface area contributed by atoms with Crippen LogP contribution >= 0.6 is 0 Å². The zero-order valence-electron chi connectivity index (χ0n) is 16.7. The van der Waals surface area contributed by atoms with Gasteiger partial charge in [-0.2, -0.15) is 5.26 Å². The molecule has 6 nitrogen and oxygen atoms in total. The maximum Gasteiger partial charge on any atom is 0.141 e. The van der Waals surface area contributed by atoms with Gasteiger partial charge in [0.2, 0.25) is 0 Å². The average Bonchev–Trinajstić information content (AvgIpc) is 3.39. The number of imidazole rings is 1. The number of rotatable bonds is 7. The van der Waals surface area contributed by atoms with Crippen molar-refractivity contribution in [1.82, 2.24) is 19.7 Å². The fourth-order valence-electron chi connectivity index (χ4n) is 3.71. The number of hydrogen-bond acceptors (Lipinski definition) is 5. The molecule has 0 bridgehead atoms. The molecule has 0 radical (unpaired) electrons. The van der Waals surface area contributed by atoms with Gasteiger partial charge in [-0.15, -0.1) is 0 Å². The first kappa shape index (κ1) is 18.9. The van der Waals surface area contributed by atoms with E-state index in [0.29, 0.717) is 22.7 Å². The van der Waals surface area contributed by atoms with Crippen LogP contribution in [-0.2, 0) is 0 Å². The fraction of sp³-hybridized carbons (Fsp3) is 0.304. The second kappa shape index (κ2) is 7.51. The third-order valence-corrected chi connectivity index (χ3v) is 5.98. The van der Waals surface area contributed by atoms with Crippen molar-refractivity contribution >= 4 is 17.4 Å². The predicted molar refractivity (Wildman–Crippen MR) is 114 cm³/mol. The average molecular weight is 384 g/mol. The third-order valence-electron chi connectivity index (χ3n) is 5.98. The molecule has 0 aromatic carbocycles. The monoisotopic (exact) mass is 384 g/mol. The van der Waals surface area contributed by atoms with Crippen LogP contribution in [0.1, 0.15) is 37.9 Å². The molecule has 0 aliphatic heterocycles. The molecule has 0 amide bonds. The van der Waals surface area contributed by atoms with E-state index in [2.05, 4.69) is 35.2 Å². The second-order valence-corrected chi connectivity index (χ2v) is 7.95. The zero-order valence-corrected chi connectivity index (χ0v) is 16.7. The molecule has 3 aromatic rings. The Morgan fingerprint density at radius 1 is 1.34 bits per heavy atom. The van der Waals surface area contributed by atoms with Gasteiger partial charge in [0.1, 0.15) is 17.4 Å². The van der Waals surface area contributed by atoms with Crippen molar-refractivity contribution in [1.29, 1.82) is 10.7 Å². The molecule has 0 saturated heterocycles. The van der Waals surface area contributed by atoms with Crippen molar-refractivity contribution in [3.63, 3.8) is 0 Å². The number of fused-ring (bicyclic) bond motifs is 1. The highest BCUT2D eigenvalue weighted by atomic mass is 15.0. The van der Waals surface area contributed by atoms with Gasteiger partial charge in [-0.25, -0.2) is 9.97 Å². The van der Waals surface area contributed by atoms with Crippen molar-refractivity contribution in [2.24, 2.45) is 11.3 Å². The van der Waals surface area contributed by atoms with Crippen LogP contribution in [0.4, 0.5) is 0 Å². The van der Waals surface area contributed by atoms with Crippen LogP contribution in [0.3, 0.4) is 0 Å². The first-order valence-electron chi connectivity index (χ1n) is 9.85. The van der Waals surface area contributed by atoms with Crippen LogP contribution in [0.15, 0.2) is 49.1 Å². The molecular weight excluding hydrogens is 360 g/mol.